The van der Waals surface area contributed by atoms with Crippen LogP contribution in [0.3, 0.4) is 0 Å². The number of carbonyl (C=O) groups is 1. The van der Waals surface area contributed by atoms with Crippen molar-refractivity contribution >= 4 is 37.6 Å². The summed E-state index contributed by atoms with van der Waals surface area (Å²) in [7, 11) is 0. The van der Waals surface area contributed by atoms with Crippen LogP contribution in [0.15, 0.2) is 22.7 Å². The number of ketones is 1. The molecule has 0 radical (unpaired) electrons. The predicted molar refractivity (Wildman–Crippen MR) is 61.6 cm³/mol. The van der Waals surface area contributed by atoms with Crippen LogP contribution in [-0.4, -0.2) is 10.6 Å². The summed E-state index contributed by atoms with van der Waals surface area (Å²) in [5, 5.41) is 0. The average molecular weight is 306 g/mol. The van der Waals surface area contributed by atoms with Gasteiger partial charge in [0, 0.05) is 10.0 Å². The zero-order valence-electron chi connectivity index (χ0n) is 7.47. The van der Waals surface area contributed by atoms with Gasteiger partial charge in [0.2, 0.25) is 0 Å². The second kappa shape index (κ2) is 4.38. The van der Waals surface area contributed by atoms with E-state index in [1.807, 2.05) is 32.0 Å². The van der Waals surface area contributed by atoms with Crippen LogP contribution in [-0.2, 0) is 0 Å². The largest absolute Gasteiger partial charge is 0.293 e. The lowest BCUT2D eigenvalue weighted by atomic mass is 10.1. The van der Waals surface area contributed by atoms with Gasteiger partial charge in [-0.3, -0.25) is 4.79 Å². The number of rotatable bonds is 2. The fourth-order valence-corrected chi connectivity index (χ4v) is 1.76. The molecule has 0 spiro atoms. The fraction of sp³-hybridized carbons (Fsp3) is 0.300. The van der Waals surface area contributed by atoms with Crippen LogP contribution in [0.25, 0.3) is 0 Å². The van der Waals surface area contributed by atoms with Crippen molar-refractivity contribution in [3.8, 4) is 0 Å². The summed E-state index contributed by atoms with van der Waals surface area (Å²) in [5.41, 5.74) is 1.82. The summed E-state index contributed by atoms with van der Waals surface area (Å²) in [5.74, 6) is 0.107. The molecule has 13 heavy (non-hydrogen) atoms. The van der Waals surface area contributed by atoms with Crippen LogP contribution >= 0.6 is 31.9 Å². The maximum atomic E-state index is 11.6. The molecule has 0 saturated carbocycles. The number of carbonyl (C=O) groups excluding carboxylic acids is 1. The number of alkyl halides is 1. The first-order valence-electron chi connectivity index (χ1n) is 3.97. The highest BCUT2D eigenvalue weighted by Gasteiger charge is 2.15. The first-order chi connectivity index (χ1) is 6.04. The minimum absolute atomic E-state index is 0.107. The van der Waals surface area contributed by atoms with Crippen molar-refractivity contribution in [2.45, 2.75) is 18.7 Å². The van der Waals surface area contributed by atoms with Gasteiger partial charge in [0.05, 0.1) is 4.83 Å². The molecule has 0 aliphatic carbocycles. The molecule has 1 nitrogen and oxygen atoms in total. The van der Waals surface area contributed by atoms with E-state index in [1.165, 1.54) is 0 Å². The summed E-state index contributed by atoms with van der Waals surface area (Å²) in [6.07, 6.45) is 0. The van der Waals surface area contributed by atoms with E-state index < -0.39 is 0 Å². The molecule has 0 fully saturated rings. The van der Waals surface area contributed by atoms with E-state index in [0.717, 1.165) is 15.6 Å². The summed E-state index contributed by atoms with van der Waals surface area (Å²) in [6, 6.07) is 5.69. The number of aryl methyl sites for hydroxylation is 1. The van der Waals surface area contributed by atoms with E-state index in [9.17, 15) is 4.79 Å². The van der Waals surface area contributed by atoms with Crippen LogP contribution in [0.5, 0.6) is 0 Å². The molecule has 0 bridgehead atoms. The number of hydrogen-bond acceptors (Lipinski definition) is 1. The Morgan fingerprint density at radius 3 is 2.62 bits per heavy atom. The van der Waals surface area contributed by atoms with Crippen LogP contribution in [0, 0.1) is 6.92 Å². The van der Waals surface area contributed by atoms with E-state index in [2.05, 4.69) is 31.9 Å². The van der Waals surface area contributed by atoms with E-state index in [4.69, 9.17) is 0 Å². The van der Waals surface area contributed by atoms with Crippen LogP contribution in [0.1, 0.15) is 22.8 Å². The van der Waals surface area contributed by atoms with E-state index in [1.54, 1.807) is 0 Å². The molecule has 0 saturated heterocycles. The predicted octanol–water partition coefficient (Wildman–Crippen LogP) is 3.72. The van der Waals surface area contributed by atoms with Gasteiger partial charge >= 0.3 is 0 Å². The van der Waals surface area contributed by atoms with Gasteiger partial charge in [-0.1, -0.05) is 34.1 Å². The van der Waals surface area contributed by atoms with Gasteiger partial charge in [-0.2, -0.15) is 0 Å². The zero-order valence-corrected chi connectivity index (χ0v) is 10.6. The van der Waals surface area contributed by atoms with Crippen molar-refractivity contribution in [3.63, 3.8) is 0 Å². The second-order valence-electron chi connectivity index (χ2n) is 2.92. The molecule has 1 aromatic carbocycles. The van der Waals surface area contributed by atoms with Crippen molar-refractivity contribution < 1.29 is 4.79 Å². The fourth-order valence-electron chi connectivity index (χ4n) is 1.05. The zero-order chi connectivity index (χ0) is 10.0. The lowest BCUT2D eigenvalue weighted by Gasteiger charge is -2.07. The first kappa shape index (κ1) is 10.9. The van der Waals surface area contributed by atoms with Gasteiger partial charge in [0.1, 0.15) is 0 Å². The molecule has 3 heteroatoms. The number of halogens is 2. The molecule has 0 aromatic heterocycles. The molecule has 70 valence electrons. The third-order valence-corrected chi connectivity index (χ3v) is 3.29. The highest BCUT2D eigenvalue weighted by atomic mass is 79.9. The molecular formula is C10H10Br2O. The Morgan fingerprint density at radius 2 is 2.08 bits per heavy atom. The van der Waals surface area contributed by atoms with E-state index in [0.29, 0.717) is 0 Å². The Morgan fingerprint density at radius 1 is 1.46 bits per heavy atom. The number of Topliss-reactive ketones (excluding diaryl/α,β-unsaturated/α-hetero) is 1. The Labute approximate surface area is 94.8 Å². The van der Waals surface area contributed by atoms with Gasteiger partial charge in [0.25, 0.3) is 0 Å². The molecular weight excluding hydrogens is 296 g/mol. The lowest BCUT2D eigenvalue weighted by molar-refractivity contribution is 0.0995. The molecule has 0 aliphatic heterocycles. The standard InChI is InChI=1S/C10H10Br2O/c1-6-4-3-5-8(9(6)12)10(13)7(2)11/h3-5,7H,1-2H3. The molecule has 0 aliphatic rings. The Hall–Kier alpha value is -0.150. The van der Waals surface area contributed by atoms with Crippen LogP contribution in [0.2, 0.25) is 0 Å². The monoisotopic (exact) mass is 304 g/mol. The summed E-state index contributed by atoms with van der Waals surface area (Å²) >= 11 is 6.67. The normalized spacial score (nSPS) is 12.6. The van der Waals surface area contributed by atoms with Gasteiger partial charge in [-0.15, -0.1) is 0 Å². The summed E-state index contributed by atoms with van der Waals surface area (Å²) < 4.78 is 0.895. The number of benzene rings is 1. The minimum Gasteiger partial charge on any atom is -0.293 e. The smallest absolute Gasteiger partial charge is 0.177 e. The molecule has 1 unspecified atom stereocenters. The third-order valence-electron chi connectivity index (χ3n) is 1.82. The Balaban J connectivity index is 3.15. The van der Waals surface area contributed by atoms with Crippen molar-refractivity contribution in [2.75, 3.05) is 0 Å². The van der Waals surface area contributed by atoms with E-state index >= 15 is 0 Å². The molecule has 1 atom stereocenters. The Bertz CT molecular complexity index is 332. The van der Waals surface area contributed by atoms with Crippen LogP contribution in [0.4, 0.5) is 0 Å². The highest BCUT2D eigenvalue weighted by molar-refractivity contribution is 9.10. The summed E-state index contributed by atoms with van der Waals surface area (Å²) in [4.78, 5) is 11.5. The SMILES string of the molecule is Cc1cccc(C(=O)C(C)Br)c1Br. The van der Waals surface area contributed by atoms with Gasteiger partial charge in [0.15, 0.2) is 5.78 Å². The topological polar surface area (TPSA) is 17.1 Å². The van der Waals surface area contributed by atoms with E-state index in [-0.39, 0.29) is 10.6 Å². The highest BCUT2D eigenvalue weighted by Crippen LogP contribution is 2.23. The average Bonchev–Trinajstić information content (AvgIpc) is 2.08. The number of hydrogen-bond donors (Lipinski definition) is 0. The molecule has 1 rings (SSSR count). The maximum absolute atomic E-state index is 11.6. The Kier molecular flexibility index (Phi) is 3.68. The van der Waals surface area contributed by atoms with Gasteiger partial charge in [-0.25, -0.2) is 0 Å². The van der Waals surface area contributed by atoms with Gasteiger partial charge < -0.3 is 0 Å². The molecule has 0 heterocycles. The molecule has 0 amide bonds. The van der Waals surface area contributed by atoms with Crippen molar-refractivity contribution in [1.82, 2.24) is 0 Å². The second-order valence-corrected chi connectivity index (χ2v) is 5.08. The van der Waals surface area contributed by atoms with Crippen LogP contribution < -0.4 is 0 Å². The molecule has 0 N–H and O–H groups in total. The third kappa shape index (κ3) is 2.41. The van der Waals surface area contributed by atoms with Crippen molar-refractivity contribution in [3.05, 3.63) is 33.8 Å². The quantitative estimate of drug-likeness (QED) is 0.601. The van der Waals surface area contributed by atoms with Crippen molar-refractivity contribution in [2.24, 2.45) is 0 Å². The minimum atomic E-state index is -0.134. The first-order valence-corrected chi connectivity index (χ1v) is 5.68. The summed E-state index contributed by atoms with van der Waals surface area (Å²) in [6.45, 7) is 3.80. The lowest BCUT2D eigenvalue weighted by Crippen LogP contribution is -2.10. The van der Waals surface area contributed by atoms with Gasteiger partial charge in [-0.05, 0) is 35.3 Å². The molecule has 1 aromatic rings. The maximum Gasteiger partial charge on any atom is 0.177 e. The van der Waals surface area contributed by atoms with Crippen molar-refractivity contribution in [1.29, 1.82) is 0 Å².